The Bertz CT molecular complexity index is 282. The first-order valence-corrected chi connectivity index (χ1v) is 7.28. The van der Waals surface area contributed by atoms with E-state index in [2.05, 4.69) is 0 Å². The molecule has 0 aromatic heterocycles. The quantitative estimate of drug-likeness (QED) is 0.635. The summed E-state index contributed by atoms with van der Waals surface area (Å²) in [7, 11) is -2.96. The fourth-order valence-corrected chi connectivity index (χ4v) is 1.98. The zero-order valence-electron chi connectivity index (χ0n) is 9.65. The molecule has 0 aromatic carbocycles. The summed E-state index contributed by atoms with van der Waals surface area (Å²) < 4.78 is 26.9. The van der Waals surface area contributed by atoms with E-state index in [1.165, 1.54) is 6.26 Å². The maximum atomic E-state index is 11.5. The molecule has 0 rings (SSSR count). The van der Waals surface area contributed by atoms with Crippen LogP contribution in [0.25, 0.3) is 0 Å². The standard InChI is InChI=1S/C10H20O4S/c1-4-10(14-5-2)9(11)7-6-8-15(3,12)13/h10H,4-8H2,1-3H3. The van der Waals surface area contributed by atoms with Gasteiger partial charge < -0.3 is 4.74 Å². The van der Waals surface area contributed by atoms with Crippen molar-refractivity contribution in [1.82, 2.24) is 0 Å². The molecule has 1 unspecified atom stereocenters. The van der Waals surface area contributed by atoms with Gasteiger partial charge in [-0.15, -0.1) is 0 Å². The van der Waals surface area contributed by atoms with Gasteiger partial charge in [0.15, 0.2) is 5.78 Å². The molecule has 0 aliphatic carbocycles. The van der Waals surface area contributed by atoms with E-state index in [0.717, 1.165) is 0 Å². The van der Waals surface area contributed by atoms with Crippen LogP contribution in [0.3, 0.4) is 0 Å². The molecular weight excluding hydrogens is 216 g/mol. The molecule has 0 aromatic rings. The van der Waals surface area contributed by atoms with Gasteiger partial charge in [-0.1, -0.05) is 6.92 Å². The summed E-state index contributed by atoms with van der Waals surface area (Å²) in [5.74, 6) is 0.0735. The maximum absolute atomic E-state index is 11.5. The zero-order valence-corrected chi connectivity index (χ0v) is 10.5. The molecule has 0 amide bonds. The summed E-state index contributed by atoms with van der Waals surface area (Å²) >= 11 is 0. The Morgan fingerprint density at radius 2 is 1.93 bits per heavy atom. The van der Waals surface area contributed by atoms with Crippen LogP contribution in [-0.4, -0.2) is 38.9 Å². The Hall–Kier alpha value is -0.420. The van der Waals surface area contributed by atoms with Gasteiger partial charge in [0, 0.05) is 19.3 Å². The van der Waals surface area contributed by atoms with E-state index in [1.807, 2.05) is 13.8 Å². The number of carbonyl (C=O) groups is 1. The zero-order chi connectivity index (χ0) is 11.9. The van der Waals surface area contributed by atoms with Gasteiger partial charge in [-0.05, 0) is 19.8 Å². The van der Waals surface area contributed by atoms with Crippen LogP contribution in [0.4, 0.5) is 0 Å². The molecule has 0 heterocycles. The molecule has 0 N–H and O–H groups in total. The number of Topliss-reactive ketones (excluding diaryl/α,β-unsaturated/α-hetero) is 1. The average Bonchev–Trinajstić information content (AvgIpc) is 2.11. The van der Waals surface area contributed by atoms with Crippen LogP contribution in [0.5, 0.6) is 0 Å². The predicted molar refractivity (Wildman–Crippen MR) is 59.7 cm³/mol. The van der Waals surface area contributed by atoms with E-state index in [-0.39, 0.29) is 24.1 Å². The topological polar surface area (TPSA) is 60.4 Å². The second kappa shape index (κ2) is 6.95. The van der Waals surface area contributed by atoms with E-state index in [1.54, 1.807) is 0 Å². The van der Waals surface area contributed by atoms with Crippen molar-refractivity contribution in [2.75, 3.05) is 18.6 Å². The van der Waals surface area contributed by atoms with Crippen LogP contribution in [0.2, 0.25) is 0 Å². The number of rotatable bonds is 8. The van der Waals surface area contributed by atoms with E-state index in [0.29, 0.717) is 19.4 Å². The number of hydrogen-bond donors (Lipinski definition) is 0. The van der Waals surface area contributed by atoms with Crippen LogP contribution in [0.1, 0.15) is 33.1 Å². The molecular formula is C10H20O4S. The normalized spacial score (nSPS) is 13.8. The molecule has 0 bridgehead atoms. The SMILES string of the molecule is CCOC(CC)C(=O)CCCS(C)(=O)=O. The van der Waals surface area contributed by atoms with Crippen LogP contribution in [0, 0.1) is 0 Å². The second-order valence-electron chi connectivity index (χ2n) is 3.55. The van der Waals surface area contributed by atoms with E-state index < -0.39 is 9.84 Å². The molecule has 4 nitrogen and oxygen atoms in total. The third-order valence-corrected chi connectivity index (χ3v) is 3.07. The number of ether oxygens (including phenoxy) is 1. The molecule has 0 aliphatic rings. The lowest BCUT2D eigenvalue weighted by atomic mass is 10.1. The Morgan fingerprint density at radius 3 is 2.33 bits per heavy atom. The molecule has 0 spiro atoms. The first-order chi connectivity index (χ1) is 6.90. The minimum Gasteiger partial charge on any atom is -0.371 e. The molecule has 0 saturated heterocycles. The molecule has 0 saturated carbocycles. The van der Waals surface area contributed by atoms with E-state index in [9.17, 15) is 13.2 Å². The monoisotopic (exact) mass is 236 g/mol. The van der Waals surface area contributed by atoms with Gasteiger partial charge >= 0.3 is 0 Å². The molecule has 5 heteroatoms. The lowest BCUT2D eigenvalue weighted by Crippen LogP contribution is -2.24. The van der Waals surface area contributed by atoms with Crippen LogP contribution in [0.15, 0.2) is 0 Å². The lowest BCUT2D eigenvalue weighted by molar-refractivity contribution is -0.130. The Kier molecular flexibility index (Phi) is 6.76. The van der Waals surface area contributed by atoms with Crippen molar-refractivity contribution >= 4 is 15.6 Å². The van der Waals surface area contributed by atoms with Gasteiger partial charge in [-0.25, -0.2) is 8.42 Å². The largest absolute Gasteiger partial charge is 0.371 e. The number of hydrogen-bond acceptors (Lipinski definition) is 4. The summed E-state index contributed by atoms with van der Waals surface area (Å²) in [6, 6.07) is 0. The van der Waals surface area contributed by atoms with Crippen LogP contribution >= 0.6 is 0 Å². The third kappa shape index (κ3) is 7.50. The average molecular weight is 236 g/mol. The van der Waals surface area contributed by atoms with Gasteiger partial charge in [0.2, 0.25) is 0 Å². The van der Waals surface area contributed by atoms with Crippen molar-refractivity contribution in [2.45, 2.75) is 39.2 Å². The molecule has 0 radical (unpaired) electrons. The Balaban J connectivity index is 3.91. The molecule has 0 fully saturated rings. The predicted octanol–water partition coefficient (Wildman–Crippen LogP) is 1.20. The second-order valence-corrected chi connectivity index (χ2v) is 5.81. The first-order valence-electron chi connectivity index (χ1n) is 5.22. The fraction of sp³-hybridized carbons (Fsp3) is 0.900. The van der Waals surface area contributed by atoms with Crippen molar-refractivity contribution in [3.05, 3.63) is 0 Å². The van der Waals surface area contributed by atoms with Gasteiger partial charge in [0.25, 0.3) is 0 Å². The summed E-state index contributed by atoms with van der Waals surface area (Å²) in [6.45, 7) is 4.23. The van der Waals surface area contributed by atoms with Crippen molar-refractivity contribution in [3.63, 3.8) is 0 Å². The van der Waals surface area contributed by atoms with Crippen LogP contribution in [-0.2, 0) is 19.4 Å². The van der Waals surface area contributed by atoms with Crippen molar-refractivity contribution in [2.24, 2.45) is 0 Å². The number of sulfone groups is 1. The van der Waals surface area contributed by atoms with Gasteiger partial charge in [-0.2, -0.15) is 0 Å². The van der Waals surface area contributed by atoms with E-state index in [4.69, 9.17) is 4.74 Å². The van der Waals surface area contributed by atoms with Gasteiger partial charge in [-0.3, -0.25) is 4.79 Å². The minimum atomic E-state index is -2.96. The minimum absolute atomic E-state index is 0.00278. The first kappa shape index (κ1) is 14.6. The number of carbonyl (C=O) groups excluding carboxylic acids is 1. The summed E-state index contributed by atoms with van der Waals surface area (Å²) in [4.78, 5) is 11.5. The van der Waals surface area contributed by atoms with E-state index >= 15 is 0 Å². The van der Waals surface area contributed by atoms with Crippen LogP contribution < -0.4 is 0 Å². The summed E-state index contributed by atoms with van der Waals surface area (Å²) in [6.07, 6.45) is 2.13. The number of ketones is 1. The Morgan fingerprint density at radius 1 is 1.33 bits per heavy atom. The lowest BCUT2D eigenvalue weighted by Gasteiger charge is -2.13. The van der Waals surface area contributed by atoms with Gasteiger partial charge in [0.1, 0.15) is 15.9 Å². The summed E-state index contributed by atoms with van der Waals surface area (Å²) in [5, 5.41) is 0. The highest BCUT2D eigenvalue weighted by Gasteiger charge is 2.16. The fourth-order valence-electron chi connectivity index (χ4n) is 1.31. The molecule has 15 heavy (non-hydrogen) atoms. The Labute approximate surface area is 91.9 Å². The van der Waals surface area contributed by atoms with Crippen molar-refractivity contribution in [3.8, 4) is 0 Å². The highest BCUT2D eigenvalue weighted by atomic mass is 32.2. The van der Waals surface area contributed by atoms with Crippen molar-refractivity contribution < 1.29 is 17.9 Å². The smallest absolute Gasteiger partial charge is 0.161 e. The van der Waals surface area contributed by atoms with Gasteiger partial charge in [0.05, 0.1) is 5.75 Å². The summed E-state index contributed by atoms with van der Waals surface area (Å²) in [5.41, 5.74) is 0. The highest BCUT2D eigenvalue weighted by Crippen LogP contribution is 2.05. The molecule has 0 aliphatic heterocycles. The van der Waals surface area contributed by atoms with Crippen molar-refractivity contribution in [1.29, 1.82) is 0 Å². The highest BCUT2D eigenvalue weighted by molar-refractivity contribution is 7.90. The molecule has 90 valence electrons. The molecule has 1 atom stereocenters. The maximum Gasteiger partial charge on any atom is 0.161 e. The third-order valence-electron chi connectivity index (χ3n) is 2.04.